The summed E-state index contributed by atoms with van der Waals surface area (Å²) in [5.41, 5.74) is 6.13. The van der Waals surface area contributed by atoms with E-state index in [1.54, 1.807) is 12.4 Å². The Labute approximate surface area is 200 Å². The van der Waals surface area contributed by atoms with Crippen LogP contribution in [0.15, 0.2) is 107 Å². The lowest BCUT2D eigenvalue weighted by Crippen LogP contribution is -2.20. The highest BCUT2D eigenvalue weighted by Gasteiger charge is 2.17. The Bertz CT molecular complexity index is 1450. The third-order valence-electron chi connectivity index (χ3n) is 5.07. The number of amides is 1. The molecular weight excluding hydrogens is 444 g/mol. The number of carbonyl (C=O) groups excluding carboxylic acids is 1. The highest BCUT2D eigenvalue weighted by Crippen LogP contribution is 2.27. The van der Waals surface area contributed by atoms with E-state index in [0.717, 1.165) is 33.5 Å². The zero-order valence-electron chi connectivity index (χ0n) is 18.1. The molecule has 34 heavy (non-hydrogen) atoms. The number of carbonyl (C=O) groups is 1. The van der Waals surface area contributed by atoms with Gasteiger partial charge in [-0.05, 0) is 18.2 Å². The van der Waals surface area contributed by atoms with Crippen LogP contribution in [0.3, 0.4) is 0 Å². The average molecular weight is 465 g/mol. The van der Waals surface area contributed by atoms with Gasteiger partial charge >= 0.3 is 0 Å². The number of hydrogen-bond donors (Lipinski definition) is 1. The van der Waals surface area contributed by atoms with Crippen molar-refractivity contribution in [2.45, 2.75) is 5.16 Å². The minimum atomic E-state index is -0.238. The maximum Gasteiger partial charge on any atom is 0.250 e. The highest BCUT2D eigenvalue weighted by molar-refractivity contribution is 7.99. The summed E-state index contributed by atoms with van der Waals surface area (Å²) in [6, 6.07) is 29.4. The summed E-state index contributed by atoms with van der Waals surface area (Å²) in [4.78, 5) is 16.9. The molecule has 0 radical (unpaired) electrons. The molecule has 0 saturated heterocycles. The lowest BCUT2D eigenvalue weighted by atomic mass is 10.1. The van der Waals surface area contributed by atoms with E-state index in [9.17, 15) is 4.79 Å². The second-order valence-electron chi connectivity index (χ2n) is 7.35. The van der Waals surface area contributed by atoms with Crippen LogP contribution >= 0.6 is 11.8 Å². The van der Waals surface area contributed by atoms with Gasteiger partial charge < -0.3 is 0 Å². The molecular formula is C26H20N6OS. The fraction of sp³-hybridized carbons (Fsp3) is 0.0385. The van der Waals surface area contributed by atoms with Crippen LogP contribution < -0.4 is 5.43 Å². The van der Waals surface area contributed by atoms with Crippen molar-refractivity contribution in [2.24, 2.45) is 5.10 Å². The Morgan fingerprint density at radius 2 is 1.68 bits per heavy atom. The fourth-order valence-corrected chi connectivity index (χ4v) is 4.26. The molecule has 0 atom stereocenters. The molecule has 0 aliphatic carbocycles. The molecule has 0 bridgehead atoms. The molecule has 5 rings (SSSR count). The zero-order valence-corrected chi connectivity index (χ0v) is 18.9. The predicted octanol–water partition coefficient (Wildman–Crippen LogP) is 4.72. The molecule has 7 nitrogen and oxygen atoms in total. The minimum absolute atomic E-state index is 0.144. The molecule has 1 amide bonds. The maximum absolute atomic E-state index is 12.5. The van der Waals surface area contributed by atoms with Gasteiger partial charge in [0.2, 0.25) is 0 Å². The number of benzene rings is 3. The van der Waals surface area contributed by atoms with Crippen LogP contribution in [0.2, 0.25) is 0 Å². The summed E-state index contributed by atoms with van der Waals surface area (Å²) in [6.45, 7) is 0. The van der Waals surface area contributed by atoms with Gasteiger partial charge in [0.15, 0.2) is 11.0 Å². The summed E-state index contributed by atoms with van der Waals surface area (Å²) >= 11 is 1.31. The third-order valence-corrected chi connectivity index (χ3v) is 6.00. The summed E-state index contributed by atoms with van der Waals surface area (Å²) in [5.74, 6) is 0.625. The van der Waals surface area contributed by atoms with Crippen molar-refractivity contribution in [3.05, 3.63) is 103 Å². The van der Waals surface area contributed by atoms with Crippen molar-refractivity contribution in [3.8, 4) is 17.1 Å². The predicted molar refractivity (Wildman–Crippen MR) is 135 cm³/mol. The molecule has 3 aromatic carbocycles. The number of nitrogens with zero attached hydrogens (tertiary/aromatic N) is 5. The van der Waals surface area contributed by atoms with E-state index in [1.807, 2.05) is 95.6 Å². The van der Waals surface area contributed by atoms with E-state index >= 15 is 0 Å². The molecule has 0 saturated carbocycles. The van der Waals surface area contributed by atoms with Crippen molar-refractivity contribution in [1.82, 2.24) is 25.2 Å². The van der Waals surface area contributed by atoms with Crippen LogP contribution in [0.4, 0.5) is 0 Å². The average Bonchev–Trinajstić information content (AvgIpc) is 3.33. The van der Waals surface area contributed by atoms with Crippen molar-refractivity contribution >= 4 is 34.8 Å². The topological polar surface area (TPSA) is 85.1 Å². The number of aromatic nitrogens is 4. The van der Waals surface area contributed by atoms with E-state index in [1.165, 1.54) is 11.8 Å². The first-order valence-corrected chi connectivity index (χ1v) is 11.6. The van der Waals surface area contributed by atoms with Crippen LogP contribution in [0.5, 0.6) is 0 Å². The number of thioether (sulfide) groups is 1. The van der Waals surface area contributed by atoms with Crippen LogP contribution in [-0.4, -0.2) is 37.6 Å². The van der Waals surface area contributed by atoms with E-state index in [4.69, 9.17) is 0 Å². The fourth-order valence-electron chi connectivity index (χ4n) is 3.52. The van der Waals surface area contributed by atoms with E-state index in [-0.39, 0.29) is 11.7 Å². The molecule has 0 spiro atoms. The molecule has 0 aliphatic rings. The smallest absolute Gasteiger partial charge is 0.250 e. The first-order chi connectivity index (χ1) is 16.8. The monoisotopic (exact) mass is 464 g/mol. The molecule has 2 aromatic heterocycles. The minimum Gasteiger partial charge on any atom is -0.272 e. The van der Waals surface area contributed by atoms with Crippen LogP contribution in [-0.2, 0) is 4.79 Å². The molecule has 166 valence electrons. The van der Waals surface area contributed by atoms with Gasteiger partial charge in [-0.15, -0.1) is 10.2 Å². The second kappa shape index (κ2) is 10.1. The Kier molecular flexibility index (Phi) is 6.40. The van der Waals surface area contributed by atoms with Gasteiger partial charge in [-0.25, -0.2) is 5.43 Å². The molecule has 0 fully saturated rings. The van der Waals surface area contributed by atoms with Crippen molar-refractivity contribution in [1.29, 1.82) is 0 Å². The SMILES string of the molecule is O=C(CSc1nnc(-c2ccccc2)n1-c1ccccc1)NN=Cc1cccc2cccnc12. The molecule has 0 aliphatic heterocycles. The standard InChI is InChI=1S/C26H20N6OS/c33-23(29-28-17-21-12-7-11-19-13-8-16-27-24(19)21)18-34-26-31-30-25(20-9-3-1-4-10-20)32(26)22-14-5-2-6-15-22/h1-17H,18H2,(H,29,33). The van der Waals surface area contributed by atoms with Crippen molar-refractivity contribution in [3.63, 3.8) is 0 Å². The van der Waals surface area contributed by atoms with Crippen molar-refractivity contribution in [2.75, 3.05) is 5.75 Å². The van der Waals surface area contributed by atoms with Gasteiger partial charge in [0.05, 0.1) is 17.5 Å². The Hall–Kier alpha value is -4.30. The Morgan fingerprint density at radius 3 is 2.50 bits per heavy atom. The van der Waals surface area contributed by atoms with Crippen LogP contribution in [0, 0.1) is 0 Å². The molecule has 1 N–H and O–H groups in total. The van der Waals surface area contributed by atoms with E-state index < -0.39 is 0 Å². The quantitative estimate of drug-likeness (QED) is 0.214. The van der Waals surface area contributed by atoms with Gasteiger partial charge in [-0.1, -0.05) is 84.6 Å². The number of nitrogens with one attached hydrogen (secondary N) is 1. The van der Waals surface area contributed by atoms with Gasteiger partial charge in [0.1, 0.15) is 0 Å². The number of para-hydroxylation sites is 2. The van der Waals surface area contributed by atoms with Crippen LogP contribution in [0.25, 0.3) is 28.0 Å². The molecule has 2 heterocycles. The molecule has 5 aromatic rings. The maximum atomic E-state index is 12.5. The zero-order chi connectivity index (χ0) is 23.2. The summed E-state index contributed by atoms with van der Waals surface area (Å²) in [6.07, 6.45) is 3.35. The first-order valence-electron chi connectivity index (χ1n) is 10.6. The number of pyridine rings is 1. The first kappa shape index (κ1) is 21.5. The van der Waals surface area contributed by atoms with Crippen LogP contribution in [0.1, 0.15) is 5.56 Å². The lowest BCUT2D eigenvalue weighted by molar-refractivity contribution is -0.118. The number of hydrazone groups is 1. The van der Waals surface area contributed by atoms with Gasteiger partial charge in [-0.3, -0.25) is 14.3 Å². The summed E-state index contributed by atoms with van der Waals surface area (Å²) in [7, 11) is 0. The largest absolute Gasteiger partial charge is 0.272 e. The third kappa shape index (κ3) is 4.72. The van der Waals surface area contributed by atoms with Crippen molar-refractivity contribution < 1.29 is 4.79 Å². The van der Waals surface area contributed by atoms with Gasteiger partial charge in [0, 0.05) is 28.4 Å². The summed E-state index contributed by atoms with van der Waals surface area (Å²) < 4.78 is 1.96. The normalized spacial score (nSPS) is 11.2. The Morgan fingerprint density at radius 1 is 0.912 bits per heavy atom. The van der Waals surface area contributed by atoms with Gasteiger partial charge in [-0.2, -0.15) is 5.10 Å². The highest BCUT2D eigenvalue weighted by atomic mass is 32.2. The Balaban J connectivity index is 1.31. The lowest BCUT2D eigenvalue weighted by Gasteiger charge is -2.10. The second-order valence-corrected chi connectivity index (χ2v) is 8.29. The summed E-state index contributed by atoms with van der Waals surface area (Å²) in [5, 5.41) is 14.5. The number of fused-ring (bicyclic) bond motifs is 1. The van der Waals surface area contributed by atoms with Gasteiger partial charge in [0.25, 0.3) is 5.91 Å². The van der Waals surface area contributed by atoms with E-state index in [2.05, 4.69) is 25.7 Å². The molecule has 0 unspecified atom stereocenters. The number of rotatable bonds is 7. The molecule has 8 heteroatoms. The van der Waals surface area contributed by atoms with E-state index in [0.29, 0.717) is 5.16 Å². The number of hydrogen-bond acceptors (Lipinski definition) is 6.